The van der Waals surface area contributed by atoms with Gasteiger partial charge < -0.3 is 15.4 Å². The number of nitrogens with two attached hydrogens (primary N) is 1. The van der Waals surface area contributed by atoms with Gasteiger partial charge in [0.15, 0.2) is 0 Å². The predicted octanol–water partition coefficient (Wildman–Crippen LogP) is 3.59. The molecule has 1 fully saturated rings. The van der Waals surface area contributed by atoms with E-state index in [4.69, 9.17) is 10.5 Å². The van der Waals surface area contributed by atoms with E-state index in [0.717, 1.165) is 19.4 Å². The number of nitrogens with zero attached hydrogens (tertiary/aromatic N) is 1. The van der Waals surface area contributed by atoms with Crippen molar-refractivity contribution in [3.8, 4) is 11.5 Å². The van der Waals surface area contributed by atoms with E-state index in [0.29, 0.717) is 28.7 Å². The van der Waals surface area contributed by atoms with E-state index >= 15 is 0 Å². The molecule has 0 aliphatic carbocycles. The molecule has 0 saturated carbocycles. The smallest absolute Gasteiger partial charge is 0.254 e. The summed E-state index contributed by atoms with van der Waals surface area (Å²) in [7, 11) is 0. The Morgan fingerprint density at radius 3 is 2.04 bits per heavy atom. The molecule has 5 nitrogen and oxygen atoms in total. The summed E-state index contributed by atoms with van der Waals surface area (Å²) in [4.78, 5) is 25.6. The number of rotatable bonds is 4. The Morgan fingerprint density at radius 1 is 0.960 bits per heavy atom. The van der Waals surface area contributed by atoms with Crippen molar-refractivity contribution in [2.24, 2.45) is 5.73 Å². The zero-order valence-corrected chi connectivity index (χ0v) is 14.3. The number of hydrogen-bond acceptors (Lipinski definition) is 3. The lowest BCUT2D eigenvalue weighted by molar-refractivity contribution is 0.0635. The van der Waals surface area contributed by atoms with Gasteiger partial charge in [0.2, 0.25) is 5.91 Å². The maximum atomic E-state index is 12.6. The van der Waals surface area contributed by atoms with Crippen LogP contribution in [-0.2, 0) is 0 Å². The Hall–Kier alpha value is -2.82. The van der Waals surface area contributed by atoms with Gasteiger partial charge in [-0.15, -0.1) is 0 Å². The second-order valence-corrected chi connectivity index (χ2v) is 6.36. The number of piperidine rings is 1. The third-order valence-electron chi connectivity index (χ3n) is 4.54. The van der Waals surface area contributed by atoms with Crippen LogP contribution in [0.1, 0.15) is 46.9 Å². The molecule has 0 aromatic heterocycles. The van der Waals surface area contributed by atoms with Crippen molar-refractivity contribution in [1.29, 1.82) is 0 Å². The predicted molar refractivity (Wildman–Crippen MR) is 95.8 cm³/mol. The van der Waals surface area contributed by atoms with Crippen LogP contribution >= 0.6 is 0 Å². The van der Waals surface area contributed by atoms with Gasteiger partial charge in [-0.1, -0.05) is 0 Å². The van der Waals surface area contributed by atoms with E-state index in [1.165, 1.54) is 6.42 Å². The summed E-state index contributed by atoms with van der Waals surface area (Å²) in [5, 5.41) is 0. The van der Waals surface area contributed by atoms with Crippen LogP contribution in [0.5, 0.6) is 11.5 Å². The van der Waals surface area contributed by atoms with E-state index in [1.807, 2.05) is 4.90 Å². The molecule has 1 unspecified atom stereocenters. The van der Waals surface area contributed by atoms with Gasteiger partial charge in [0, 0.05) is 23.7 Å². The first-order valence-electron chi connectivity index (χ1n) is 8.53. The van der Waals surface area contributed by atoms with Crippen molar-refractivity contribution in [3.05, 3.63) is 59.7 Å². The van der Waals surface area contributed by atoms with Crippen molar-refractivity contribution < 1.29 is 14.3 Å². The summed E-state index contributed by atoms with van der Waals surface area (Å²) in [6.07, 6.45) is 3.32. The summed E-state index contributed by atoms with van der Waals surface area (Å²) in [5.74, 6) is 0.842. The molecule has 5 heteroatoms. The van der Waals surface area contributed by atoms with E-state index in [2.05, 4.69) is 6.92 Å². The molecule has 1 heterocycles. The molecule has 0 radical (unpaired) electrons. The quantitative estimate of drug-likeness (QED) is 0.926. The van der Waals surface area contributed by atoms with Crippen LogP contribution < -0.4 is 10.5 Å². The lowest BCUT2D eigenvalue weighted by Crippen LogP contribution is -2.41. The van der Waals surface area contributed by atoms with Crippen LogP contribution in [0.2, 0.25) is 0 Å². The topological polar surface area (TPSA) is 72.6 Å². The maximum Gasteiger partial charge on any atom is 0.254 e. The van der Waals surface area contributed by atoms with Crippen LogP contribution in [0.25, 0.3) is 0 Å². The SMILES string of the molecule is CC1CCCCN1C(=O)c1ccc(Oc2ccc(C(N)=O)cc2)cc1. The third-order valence-corrected chi connectivity index (χ3v) is 4.54. The van der Waals surface area contributed by atoms with Crippen molar-refractivity contribution >= 4 is 11.8 Å². The number of benzene rings is 2. The first-order chi connectivity index (χ1) is 12.0. The fraction of sp³-hybridized carbons (Fsp3) is 0.300. The second-order valence-electron chi connectivity index (χ2n) is 6.36. The minimum Gasteiger partial charge on any atom is -0.457 e. The molecule has 25 heavy (non-hydrogen) atoms. The van der Waals surface area contributed by atoms with Crippen LogP contribution in [0.15, 0.2) is 48.5 Å². The highest BCUT2D eigenvalue weighted by Gasteiger charge is 2.24. The summed E-state index contributed by atoms with van der Waals surface area (Å²) in [5.41, 5.74) is 6.32. The zero-order chi connectivity index (χ0) is 17.8. The average Bonchev–Trinajstić information content (AvgIpc) is 2.63. The third kappa shape index (κ3) is 3.99. The van der Waals surface area contributed by atoms with Gasteiger partial charge >= 0.3 is 0 Å². The minimum atomic E-state index is -0.471. The van der Waals surface area contributed by atoms with Crippen molar-refractivity contribution in [2.75, 3.05) is 6.54 Å². The van der Waals surface area contributed by atoms with Gasteiger partial charge in [0.25, 0.3) is 5.91 Å². The Morgan fingerprint density at radius 2 is 1.52 bits per heavy atom. The zero-order valence-electron chi connectivity index (χ0n) is 14.3. The number of primary amides is 1. The minimum absolute atomic E-state index is 0.0737. The molecule has 2 N–H and O–H groups in total. The molecule has 0 bridgehead atoms. The van der Waals surface area contributed by atoms with Crippen molar-refractivity contribution in [1.82, 2.24) is 4.90 Å². The highest BCUT2D eigenvalue weighted by atomic mass is 16.5. The van der Waals surface area contributed by atoms with Gasteiger partial charge in [-0.3, -0.25) is 9.59 Å². The highest BCUT2D eigenvalue weighted by molar-refractivity contribution is 5.94. The average molecular weight is 338 g/mol. The molecule has 2 aromatic carbocycles. The van der Waals surface area contributed by atoms with E-state index in [9.17, 15) is 9.59 Å². The largest absolute Gasteiger partial charge is 0.457 e. The molecule has 2 amide bonds. The summed E-state index contributed by atoms with van der Waals surface area (Å²) >= 11 is 0. The molecule has 1 atom stereocenters. The Bertz CT molecular complexity index is 754. The Kier molecular flexibility index (Phi) is 5.03. The van der Waals surface area contributed by atoms with E-state index in [1.54, 1.807) is 48.5 Å². The normalized spacial score (nSPS) is 17.2. The number of carbonyl (C=O) groups excluding carboxylic acids is 2. The highest BCUT2D eigenvalue weighted by Crippen LogP contribution is 2.24. The summed E-state index contributed by atoms with van der Waals surface area (Å²) in [6, 6.07) is 14.0. The molecular weight excluding hydrogens is 316 g/mol. The summed E-state index contributed by atoms with van der Waals surface area (Å²) in [6.45, 7) is 2.93. The van der Waals surface area contributed by atoms with Gasteiger partial charge in [-0.25, -0.2) is 0 Å². The van der Waals surface area contributed by atoms with Crippen molar-refractivity contribution in [2.45, 2.75) is 32.2 Å². The molecule has 1 saturated heterocycles. The van der Waals surface area contributed by atoms with Crippen molar-refractivity contribution in [3.63, 3.8) is 0 Å². The Labute approximate surface area is 147 Å². The van der Waals surface area contributed by atoms with Crippen LogP contribution in [0, 0.1) is 0 Å². The standard InChI is InChI=1S/C20H22N2O3/c1-14-4-2-3-13-22(14)20(24)16-7-11-18(12-8-16)25-17-9-5-15(6-10-17)19(21)23/h5-12,14H,2-4,13H2,1H3,(H2,21,23). The summed E-state index contributed by atoms with van der Waals surface area (Å²) < 4.78 is 5.74. The van der Waals surface area contributed by atoms with Gasteiger partial charge in [0.05, 0.1) is 0 Å². The molecule has 130 valence electrons. The van der Waals surface area contributed by atoms with Gasteiger partial charge in [-0.2, -0.15) is 0 Å². The van der Waals surface area contributed by atoms with Gasteiger partial charge in [-0.05, 0) is 74.7 Å². The monoisotopic (exact) mass is 338 g/mol. The fourth-order valence-corrected chi connectivity index (χ4v) is 3.05. The van der Waals surface area contributed by atoms with Gasteiger partial charge in [0.1, 0.15) is 11.5 Å². The van der Waals surface area contributed by atoms with E-state index < -0.39 is 5.91 Å². The van der Waals surface area contributed by atoms with Crippen LogP contribution in [0.3, 0.4) is 0 Å². The van der Waals surface area contributed by atoms with Crippen LogP contribution in [-0.4, -0.2) is 29.3 Å². The number of likely N-dealkylation sites (tertiary alicyclic amines) is 1. The number of amides is 2. The second kappa shape index (κ2) is 7.38. The first kappa shape index (κ1) is 17.0. The molecule has 1 aliphatic rings. The Balaban J connectivity index is 1.67. The molecule has 0 spiro atoms. The number of hydrogen-bond donors (Lipinski definition) is 1. The maximum absolute atomic E-state index is 12.6. The lowest BCUT2D eigenvalue weighted by atomic mass is 10.0. The molecule has 3 rings (SSSR count). The lowest BCUT2D eigenvalue weighted by Gasteiger charge is -2.33. The number of carbonyl (C=O) groups is 2. The van der Waals surface area contributed by atoms with E-state index in [-0.39, 0.29) is 5.91 Å². The first-order valence-corrected chi connectivity index (χ1v) is 8.53. The molecule has 2 aromatic rings. The number of ether oxygens (including phenoxy) is 1. The van der Waals surface area contributed by atoms with Crippen LogP contribution in [0.4, 0.5) is 0 Å². The molecular formula is C20H22N2O3. The molecule has 1 aliphatic heterocycles. The fourth-order valence-electron chi connectivity index (χ4n) is 3.05.